The van der Waals surface area contributed by atoms with Gasteiger partial charge >= 0.3 is 0 Å². The number of aliphatic hydroxyl groups excluding tert-OH is 2. The molecule has 3 aliphatic rings. The van der Waals surface area contributed by atoms with Gasteiger partial charge in [0.05, 0.1) is 23.2 Å². The Balaban J connectivity index is 1.38. The van der Waals surface area contributed by atoms with E-state index in [1.165, 1.54) is 18.2 Å². The Morgan fingerprint density at radius 2 is 1.70 bits per heavy atom. The minimum atomic E-state index is -1.43. The number of carbonyl (C=O) groups is 1. The molecule has 0 radical (unpaired) electrons. The molecule has 2 N–H and O–H groups in total. The number of allylic oxidation sites excluding steroid dienone is 1. The van der Waals surface area contributed by atoms with Crippen molar-refractivity contribution in [3.63, 3.8) is 0 Å². The molecule has 0 saturated heterocycles. The van der Waals surface area contributed by atoms with E-state index in [4.69, 9.17) is 24.2 Å². The first-order valence-electron chi connectivity index (χ1n) is 21.9. The van der Waals surface area contributed by atoms with E-state index >= 15 is 0 Å². The predicted molar refractivity (Wildman–Crippen MR) is 249 cm³/mol. The Morgan fingerprint density at radius 3 is 2.39 bits per heavy atom. The van der Waals surface area contributed by atoms with Gasteiger partial charge in [0.15, 0.2) is 0 Å². The fourth-order valence-electron chi connectivity index (χ4n) is 9.48. The zero-order valence-electron chi connectivity index (χ0n) is 36.4. The lowest BCUT2D eigenvalue weighted by atomic mass is 9.55. The van der Waals surface area contributed by atoms with Crippen LogP contribution in [0.15, 0.2) is 137 Å². The van der Waals surface area contributed by atoms with E-state index in [2.05, 4.69) is 18.7 Å². The van der Waals surface area contributed by atoms with Gasteiger partial charge in [0.2, 0.25) is 11.7 Å². The number of ether oxygens (including phenoxy) is 3. The molecule has 1 amide bonds. The molecule has 336 valence electrons. The second kappa shape index (κ2) is 21.8. The smallest absolute Gasteiger partial charge is 0.269 e. The third-order valence-corrected chi connectivity index (χ3v) is 13.3. The summed E-state index contributed by atoms with van der Waals surface area (Å²) in [6, 6.07) is 29.0. The monoisotopic (exact) mass is 887 g/mol. The van der Waals surface area contributed by atoms with E-state index in [9.17, 15) is 25.1 Å². The van der Waals surface area contributed by atoms with Crippen LogP contribution in [-0.4, -0.2) is 76.6 Å². The minimum absolute atomic E-state index is 0.0396. The minimum Gasteiger partial charge on any atom is -0.459 e. The molecule has 1 saturated carbocycles. The first kappa shape index (κ1) is 46.3. The summed E-state index contributed by atoms with van der Waals surface area (Å²) in [6.07, 6.45) is 13.9. The van der Waals surface area contributed by atoms with E-state index in [0.717, 1.165) is 47.3 Å². The molecule has 6 unspecified atom stereocenters. The van der Waals surface area contributed by atoms with Crippen molar-refractivity contribution >= 4 is 35.1 Å². The van der Waals surface area contributed by atoms with Crippen LogP contribution in [0.5, 0.6) is 17.2 Å². The van der Waals surface area contributed by atoms with Gasteiger partial charge in [-0.15, -0.1) is 18.3 Å². The summed E-state index contributed by atoms with van der Waals surface area (Å²) < 4.78 is 20.8. The van der Waals surface area contributed by atoms with Gasteiger partial charge in [0.1, 0.15) is 29.9 Å². The molecule has 4 aromatic rings. The first-order valence-corrected chi connectivity index (χ1v) is 23.2. The number of carbonyl (C=O) groups excluding carboxylic acids is 1. The fraction of sp³-hybridized carbons (Fsp3) is 0.373. The number of amides is 1. The Labute approximate surface area is 379 Å². The van der Waals surface area contributed by atoms with E-state index < -0.39 is 22.7 Å². The SMILES string of the molecule is C=CCOC12Oc3ccc(Oc4ccc(SC)cc4)cc3C3C(CCCCO)C(CCCCO)C=C(C(=NOCc4ccccc4)CC1N(C)C(=O)C=Cc1ccc([N+](=O)[O-])cc1)C32. The fourth-order valence-corrected chi connectivity index (χ4v) is 9.88. The number of nitro groups is 1. The summed E-state index contributed by atoms with van der Waals surface area (Å²) in [6.45, 7) is 4.55. The number of nitrogens with zero attached hydrogens (tertiary/aromatic N) is 3. The van der Waals surface area contributed by atoms with Crippen molar-refractivity contribution in [3.8, 4) is 17.2 Å². The topological polar surface area (TPSA) is 153 Å². The highest BCUT2D eigenvalue weighted by Gasteiger charge is 2.65. The highest BCUT2D eigenvalue weighted by atomic mass is 32.2. The van der Waals surface area contributed by atoms with Crippen molar-refractivity contribution in [2.24, 2.45) is 22.9 Å². The van der Waals surface area contributed by atoms with Gasteiger partial charge in [-0.3, -0.25) is 14.9 Å². The Morgan fingerprint density at radius 1 is 0.984 bits per heavy atom. The van der Waals surface area contributed by atoms with Crippen molar-refractivity contribution < 1.29 is 39.0 Å². The molecular weight excluding hydrogens is 831 g/mol. The number of likely N-dealkylation sites (N-methyl/N-ethyl adjacent to an activating group) is 1. The zero-order chi connectivity index (χ0) is 45.1. The number of thioether (sulfide) groups is 1. The third kappa shape index (κ3) is 10.4. The van der Waals surface area contributed by atoms with Crippen molar-refractivity contribution in [3.05, 3.63) is 154 Å². The van der Waals surface area contributed by atoms with Crippen LogP contribution in [0, 0.1) is 27.9 Å². The largest absolute Gasteiger partial charge is 0.459 e. The summed E-state index contributed by atoms with van der Waals surface area (Å²) in [5.41, 5.74) is 4.10. The molecule has 0 spiro atoms. The van der Waals surface area contributed by atoms with Crippen LogP contribution < -0.4 is 9.47 Å². The van der Waals surface area contributed by atoms with Gasteiger partial charge in [-0.2, -0.15) is 0 Å². The molecule has 1 heterocycles. The Bertz CT molecular complexity index is 2320. The predicted octanol–water partition coefficient (Wildman–Crippen LogP) is 10.1. The molecule has 2 aliphatic carbocycles. The van der Waals surface area contributed by atoms with Gasteiger partial charge in [0, 0.05) is 61.3 Å². The molecule has 1 fully saturated rings. The normalized spacial score (nSPS) is 22.8. The van der Waals surface area contributed by atoms with Crippen LogP contribution in [0.25, 0.3) is 6.08 Å². The van der Waals surface area contributed by atoms with Crippen LogP contribution in [-0.2, 0) is 21.0 Å². The Hall–Kier alpha value is -5.73. The highest BCUT2D eigenvalue weighted by Crippen LogP contribution is 2.62. The molecule has 0 bridgehead atoms. The lowest BCUT2D eigenvalue weighted by molar-refractivity contribution is -0.384. The Kier molecular flexibility index (Phi) is 15.7. The molecule has 0 aromatic heterocycles. The summed E-state index contributed by atoms with van der Waals surface area (Å²) in [4.78, 5) is 34.2. The standard InChI is InChI=1S/C51H57N3O9S/c1-4-30-60-51-47(53(2)48(57)27-18-35-16-19-38(20-17-35)54(58)59)33-45(52-61-34-36-12-6-5-7-13-36)43-31-37(14-8-10-28-55)42(15-9-11-29-56)49(50(43)51)44-32-40(23-26-46(44)63-51)62-39-21-24-41(64-3)25-22-39/h4-7,12-13,16-27,31-32,37,42,47,49-50,55-56H,1,8-11,14-15,28-30,33-34H2,2-3H3. The molecule has 12 nitrogen and oxygen atoms in total. The second-order valence-corrected chi connectivity index (χ2v) is 17.3. The van der Waals surface area contributed by atoms with Gasteiger partial charge in [-0.1, -0.05) is 60.5 Å². The molecule has 13 heteroatoms. The zero-order valence-corrected chi connectivity index (χ0v) is 37.2. The molecule has 6 atom stereocenters. The van der Waals surface area contributed by atoms with E-state index in [1.54, 1.807) is 48.0 Å². The van der Waals surface area contributed by atoms with Gasteiger partial charge in [-0.25, -0.2) is 0 Å². The number of aliphatic hydroxyl groups is 2. The average Bonchev–Trinajstić information content (AvgIpc) is 3.32. The number of oxime groups is 1. The van der Waals surface area contributed by atoms with E-state index in [-0.39, 0.29) is 62.2 Å². The van der Waals surface area contributed by atoms with E-state index in [1.807, 2.05) is 73.0 Å². The molecule has 4 aromatic carbocycles. The summed E-state index contributed by atoms with van der Waals surface area (Å²) in [5.74, 6) is -0.405. The second-order valence-electron chi connectivity index (χ2n) is 16.4. The van der Waals surface area contributed by atoms with Crippen LogP contribution in [0.4, 0.5) is 5.69 Å². The lowest BCUT2D eigenvalue weighted by Crippen LogP contribution is -2.69. The summed E-state index contributed by atoms with van der Waals surface area (Å²) in [5, 5.41) is 36.1. The van der Waals surface area contributed by atoms with Gasteiger partial charge < -0.3 is 34.2 Å². The quantitative estimate of drug-likeness (QED) is 0.0206. The van der Waals surface area contributed by atoms with Crippen molar-refractivity contribution in [2.45, 2.75) is 74.2 Å². The van der Waals surface area contributed by atoms with Crippen LogP contribution in [0.3, 0.4) is 0 Å². The van der Waals surface area contributed by atoms with Crippen LogP contribution >= 0.6 is 11.8 Å². The van der Waals surface area contributed by atoms with Gasteiger partial charge in [0.25, 0.3) is 5.69 Å². The number of fused-ring (bicyclic) bond motifs is 2. The molecule has 7 rings (SSSR count). The number of non-ortho nitro benzene ring substituents is 1. The molecular formula is C51H57N3O9S. The third-order valence-electron chi connectivity index (χ3n) is 12.5. The number of unbranched alkanes of at least 4 members (excludes halogenated alkanes) is 2. The number of hydrogen-bond donors (Lipinski definition) is 2. The van der Waals surface area contributed by atoms with Gasteiger partial charge in [-0.05, 0) is 121 Å². The lowest BCUT2D eigenvalue weighted by Gasteiger charge is -2.59. The summed E-state index contributed by atoms with van der Waals surface area (Å²) >= 11 is 1.66. The first-order chi connectivity index (χ1) is 31.2. The number of benzene rings is 4. The number of rotatable bonds is 21. The highest BCUT2D eigenvalue weighted by molar-refractivity contribution is 7.98. The van der Waals surface area contributed by atoms with Crippen molar-refractivity contribution in [2.75, 3.05) is 33.1 Å². The van der Waals surface area contributed by atoms with E-state index in [0.29, 0.717) is 41.4 Å². The average molecular weight is 888 g/mol. The van der Waals surface area contributed by atoms with Crippen LogP contribution in [0.2, 0.25) is 0 Å². The summed E-state index contributed by atoms with van der Waals surface area (Å²) in [7, 11) is 1.73. The van der Waals surface area contributed by atoms with Crippen molar-refractivity contribution in [1.29, 1.82) is 0 Å². The maximum atomic E-state index is 14.4. The van der Waals surface area contributed by atoms with Crippen molar-refractivity contribution in [1.82, 2.24) is 4.90 Å². The number of nitro benzene ring substituents is 1. The maximum Gasteiger partial charge on any atom is 0.269 e. The molecule has 1 aliphatic heterocycles. The maximum absolute atomic E-state index is 14.4. The number of hydrogen-bond acceptors (Lipinski definition) is 11. The van der Waals surface area contributed by atoms with Crippen LogP contribution in [0.1, 0.15) is 67.6 Å². The molecule has 64 heavy (non-hydrogen) atoms.